The Hall–Kier alpha value is -2.32. The molecule has 0 unspecified atom stereocenters. The summed E-state index contributed by atoms with van der Waals surface area (Å²) < 4.78 is 19.3. The number of hydrogen-bond acceptors (Lipinski definition) is 5. The highest BCUT2D eigenvalue weighted by molar-refractivity contribution is 7.14. The fourth-order valence-corrected chi connectivity index (χ4v) is 3.42. The number of amides is 2. The molecule has 1 N–H and O–H groups in total. The summed E-state index contributed by atoms with van der Waals surface area (Å²) >= 11 is 1.13. The molecule has 3 rings (SSSR count). The summed E-state index contributed by atoms with van der Waals surface area (Å²) in [6.45, 7) is 4.82. The van der Waals surface area contributed by atoms with Crippen molar-refractivity contribution in [1.82, 2.24) is 9.88 Å². The molecular formula is C17H18FN3O3S. The van der Waals surface area contributed by atoms with Gasteiger partial charge in [-0.25, -0.2) is 9.37 Å². The van der Waals surface area contributed by atoms with Crippen molar-refractivity contribution in [3.05, 3.63) is 46.7 Å². The van der Waals surface area contributed by atoms with Crippen LogP contribution in [0.15, 0.2) is 29.6 Å². The van der Waals surface area contributed by atoms with Crippen molar-refractivity contribution in [2.24, 2.45) is 0 Å². The summed E-state index contributed by atoms with van der Waals surface area (Å²) in [5, 5.41) is 4.37. The Bertz CT molecular complexity index is 785. The quantitative estimate of drug-likeness (QED) is 0.910. The van der Waals surface area contributed by atoms with Crippen LogP contribution in [0.25, 0.3) is 0 Å². The van der Waals surface area contributed by atoms with Gasteiger partial charge in [0.25, 0.3) is 11.8 Å². The van der Waals surface area contributed by atoms with Crippen molar-refractivity contribution < 1.29 is 18.7 Å². The number of ether oxygens (including phenoxy) is 1. The van der Waals surface area contributed by atoms with Gasteiger partial charge >= 0.3 is 0 Å². The fraction of sp³-hybridized carbons (Fsp3) is 0.353. The minimum Gasteiger partial charge on any atom is -0.372 e. The third kappa shape index (κ3) is 4.02. The van der Waals surface area contributed by atoms with E-state index in [1.165, 1.54) is 18.2 Å². The van der Waals surface area contributed by atoms with Crippen LogP contribution in [-0.4, -0.2) is 47.0 Å². The number of thiazole rings is 1. The van der Waals surface area contributed by atoms with Gasteiger partial charge in [-0.1, -0.05) is 12.1 Å². The normalized spacial score (nSPS) is 20.4. The largest absolute Gasteiger partial charge is 0.372 e. The molecule has 0 radical (unpaired) electrons. The van der Waals surface area contributed by atoms with Gasteiger partial charge < -0.3 is 9.64 Å². The second-order valence-electron chi connectivity index (χ2n) is 5.94. The lowest BCUT2D eigenvalue weighted by atomic mass is 10.2. The minimum absolute atomic E-state index is 0.0356. The van der Waals surface area contributed by atoms with Gasteiger partial charge in [0, 0.05) is 18.5 Å². The molecule has 2 heterocycles. The molecule has 1 aromatic carbocycles. The average Bonchev–Trinajstić information content (AvgIpc) is 3.02. The van der Waals surface area contributed by atoms with Crippen LogP contribution < -0.4 is 5.32 Å². The Morgan fingerprint density at radius 2 is 1.96 bits per heavy atom. The van der Waals surface area contributed by atoms with Crippen molar-refractivity contribution in [3.63, 3.8) is 0 Å². The number of carbonyl (C=O) groups is 2. The number of carbonyl (C=O) groups excluding carboxylic acids is 2. The lowest BCUT2D eigenvalue weighted by molar-refractivity contribution is -0.0587. The Labute approximate surface area is 148 Å². The van der Waals surface area contributed by atoms with Gasteiger partial charge in [-0.15, -0.1) is 11.3 Å². The number of rotatable bonds is 3. The molecule has 1 fully saturated rings. The zero-order chi connectivity index (χ0) is 18.0. The van der Waals surface area contributed by atoms with Crippen LogP contribution >= 0.6 is 11.3 Å². The first-order valence-corrected chi connectivity index (χ1v) is 8.78. The van der Waals surface area contributed by atoms with Gasteiger partial charge in [-0.3, -0.25) is 14.9 Å². The van der Waals surface area contributed by atoms with E-state index in [9.17, 15) is 14.0 Å². The van der Waals surface area contributed by atoms with Crippen molar-refractivity contribution in [1.29, 1.82) is 0 Å². The Balaban J connectivity index is 1.69. The first-order valence-electron chi connectivity index (χ1n) is 7.90. The number of aromatic nitrogens is 1. The summed E-state index contributed by atoms with van der Waals surface area (Å²) in [5.74, 6) is -1.41. The van der Waals surface area contributed by atoms with Crippen LogP contribution in [0.1, 0.15) is 34.7 Å². The lowest BCUT2D eigenvalue weighted by Crippen LogP contribution is -2.48. The third-order valence-electron chi connectivity index (χ3n) is 3.77. The highest BCUT2D eigenvalue weighted by Crippen LogP contribution is 2.20. The third-order valence-corrected chi connectivity index (χ3v) is 4.53. The zero-order valence-electron chi connectivity index (χ0n) is 13.9. The first-order chi connectivity index (χ1) is 11.9. The van der Waals surface area contributed by atoms with E-state index in [1.807, 2.05) is 13.8 Å². The fourth-order valence-electron chi connectivity index (χ4n) is 2.74. The number of anilines is 1. The predicted molar refractivity (Wildman–Crippen MR) is 92.4 cm³/mol. The molecule has 2 atom stereocenters. The SMILES string of the molecule is C[C@@H]1CN(C(=O)c2csc(NC(=O)c3ccccc3F)n2)C[C@H](C)O1. The lowest BCUT2D eigenvalue weighted by Gasteiger charge is -2.34. The average molecular weight is 363 g/mol. The molecule has 1 saturated heterocycles. The number of benzene rings is 1. The van der Waals surface area contributed by atoms with Crippen LogP contribution in [0, 0.1) is 5.82 Å². The Morgan fingerprint density at radius 1 is 1.28 bits per heavy atom. The Kier molecular flexibility index (Phi) is 5.10. The maximum absolute atomic E-state index is 13.6. The number of morpholine rings is 1. The van der Waals surface area contributed by atoms with Gasteiger partial charge in [0.1, 0.15) is 11.5 Å². The molecule has 1 aliphatic rings. The van der Waals surface area contributed by atoms with E-state index in [-0.39, 0.29) is 34.5 Å². The van der Waals surface area contributed by atoms with E-state index in [0.717, 1.165) is 11.3 Å². The molecule has 2 amide bonds. The molecule has 1 aliphatic heterocycles. The number of halogens is 1. The number of nitrogens with one attached hydrogen (secondary N) is 1. The smallest absolute Gasteiger partial charge is 0.273 e. The van der Waals surface area contributed by atoms with E-state index in [2.05, 4.69) is 10.3 Å². The molecule has 6 nitrogen and oxygen atoms in total. The van der Waals surface area contributed by atoms with E-state index >= 15 is 0 Å². The van der Waals surface area contributed by atoms with Gasteiger partial charge in [-0.2, -0.15) is 0 Å². The molecule has 0 saturated carbocycles. The van der Waals surface area contributed by atoms with Gasteiger partial charge in [0.2, 0.25) is 0 Å². The highest BCUT2D eigenvalue weighted by Gasteiger charge is 2.28. The highest BCUT2D eigenvalue weighted by atomic mass is 32.1. The van der Waals surface area contributed by atoms with Gasteiger partial charge in [0.05, 0.1) is 17.8 Å². The molecule has 132 valence electrons. The van der Waals surface area contributed by atoms with Crippen LogP contribution in [0.3, 0.4) is 0 Å². The molecule has 0 aliphatic carbocycles. The summed E-state index contributed by atoms with van der Waals surface area (Å²) in [4.78, 5) is 30.5. The minimum atomic E-state index is -0.607. The zero-order valence-corrected chi connectivity index (χ0v) is 14.7. The Morgan fingerprint density at radius 3 is 2.64 bits per heavy atom. The van der Waals surface area contributed by atoms with Crippen LogP contribution in [-0.2, 0) is 4.74 Å². The summed E-state index contributed by atoms with van der Waals surface area (Å²) in [6, 6.07) is 5.69. The van der Waals surface area contributed by atoms with Gasteiger partial charge in [-0.05, 0) is 26.0 Å². The summed E-state index contributed by atoms with van der Waals surface area (Å²) in [5.41, 5.74) is 0.191. The molecule has 8 heteroatoms. The number of hydrogen-bond donors (Lipinski definition) is 1. The van der Waals surface area contributed by atoms with Crippen molar-refractivity contribution in [2.75, 3.05) is 18.4 Å². The maximum Gasteiger partial charge on any atom is 0.273 e. The van der Waals surface area contributed by atoms with Crippen molar-refractivity contribution in [3.8, 4) is 0 Å². The monoisotopic (exact) mass is 363 g/mol. The topological polar surface area (TPSA) is 71.5 Å². The first kappa shape index (κ1) is 17.5. The molecule has 25 heavy (non-hydrogen) atoms. The summed E-state index contributed by atoms with van der Waals surface area (Å²) in [7, 11) is 0. The molecule has 0 spiro atoms. The molecule has 0 bridgehead atoms. The van der Waals surface area contributed by atoms with Crippen molar-refractivity contribution in [2.45, 2.75) is 26.1 Å². The van der Waals surface area contributed by atoms with E-state index < -0.39 is 11.7 Å². The second kappa shape index (κ2) is 7.28. The van der Waals surface area contributed by atoms with Crippen LogP contribution in [0.4, 0.5) is 9.52 Å². The number of nitrogens with zero attached hydrogens (tertiary/aromatic N) is 2. The van der Waals surface area contributed by atoms with E-state index in [1.54, 1.807) is 16.3 Å². The maximum atomic E-state index is 13.6. The van der Waals surface area contributed by atoms with E-state index in [0.29, 0.717) is 13.1 Å². The molecule has 1 aromatic heterocycles. The summed E-state index contributed by atoms with van der Waals surface area (Å²) in [6.07, 6.45) is -0.0712. The molecule has 2 aromatic rings. The van der Waals surface area contributed by atoms with Crippen LogP contribution in [0.5, 0.6) is 0 Å². The van der Waals surface area contributed by atoms with Gasteiger partial charge in [0.15, 0.2) is 5.13 Å². The predicted octanol–water partition coefficient (Wildman–Crippen LogP) is 2.78. The standard InChI is InChI=1S/C17H18FN3O3S/c1-10-7-21(8-11(2)24-10)16(23)14-9-25-17(19-14)20-15(22)12-5-3-4-6-13(12)18/h3-6,9-11H,7-8H2,1-2H3,(H,19,20,22)/t10-,11+. The molecular weight excluding hydrogens is 345 g/mol. The van der Waals surface area contributed by atoms with Crippen LogP contribution in [0.2, 0.25) is 0 Å². The second-order valence-corrected chi connectivity index (χ2v) is 6.80. The van der Waals surface area contributed by atoms with Crippen molar-refractivity contribution >= 4 is 28.3 Å². The van der Waals surface area contributed by atoms with E-state index in [4.69, 9.17) is 4.74 Å².